The summed E-state index contributed by atoms with van der Waals surface area (Å²) in [5.74, 6) is 1.67. The van der Waals surface area contributed by atoms with Gasteiger partial charge >= 0.3 is 0 Å². The summed E-state index contributed by atoms with van der Waals surface area (Å²) in [7, 11) is 0. The molecule has 1 saturated heterocycles. The maximum atomic E-state index is 12.7. The summed E-state index contributed by atoms with van der Waals surface area (Å²) in [5, 5.41) is 2.70. The van der Waals surface area contributed by atoms with Crippen molar-refractivity contribution in [3.63, 3.8) is 0 Å². The molecule has 2 aromatic carbocycles. The first-order chi connectivity index (χ1) is 17.3. The molecule has 0 bridgehead atoms. The summed E-state index contributed by atoms with van der Waals surface area (Å²) >= 11 is 0. The van der Waals surface area contributed by atoms with Gasteiger partial charge in [0.25, 0.3) is 5.91 Å². The molecule has 2 heterocycles. The number of benzene rings is 2. The number of carbonyl (C=O) groups excluding carboxylic acids is 1. The maximum absolute atomic E-state index is 12.7. The first-order valence-electron chi connectivity index (χ1n) is 13.5. The molecule has 1 unspecified atom stereocenters. The van der Waals surface area contributed by atoms with Gasteiger partial charge in [0.2, 0.25) is 0 Å². The lowest BCUT2D eigenvalue weighted by atomic mass is 9.64. The molecule has 0 spiro atoms. The van der Waals surface area contributed by atoms with Crippen LogP contribution in [0.2, 0.25) is 0 Å². The van der Waals surface area contributed by atoms with Crippen molar-refractivity contribution in [3.05, 3.63) is 83.2 Å². The Hall–Kier alpha value is -3.20. The molecule has 7 rings (SSSR count). The van der Waals surface area contributed by atoms with Gasteiger partial charge in [0.1, 0.15) is 5.69 Å². The average Bonchev–Trinajstić information content (AvgIpc) is 3.42. The molecule has 3 aliphatic carbocycles. The van der Waals surface area contributed by atoms with Crippen LogP contribution in [0.4, 0.5) is 0 Å². The van der Waals surface area contributed by atoms with Crippen molar-refractivity contribution in [2.45, 2.75) is 51.4 Å². The highest BCUT2D eigenvalue weighted by Gasteiger charge is 2.35. The fourth-order valence-corrected chi connectivity index (χ4v) is 6.79. The van der Waals surface area contributed by atoms with E-state index in [1.54, 1.807) is 11.1 Å². The number of pyridine rings is 1. The van der Waals surface area contributed by atoms with Crippen molar-refractivity contribution < 1.29 is 4.79 Å². The quantitative estimate of drug-likeness (QED) is 0.414. The van der Waals surface area contributed by atoms with E-state index in [9.17, 15) is 4.79 Å². The number of likely N-dealkylation sites (tertiary alicyclic amines) is 1. The van der Waals surface area contributed by atoms with Crippen LogP contribution in [0.1, 0.15) is 66.6 Å². The second kappa shape index (κ2) is 8.48. The van der Waals surface area contributed by atoms with Gasteiger partial charge in [0.15, 0.2) is 0 Å². The fraction of sp³-hybridized carbons (Fsp3) is 0.375. The zero-order valence-corrected chi connectivity index (χ0v) is 20.3. The molecule has 1 saturated carbocycles. The van der Waals surface area contributed by atoms with Gasteiger partial charge in [-0.15, -0.1) is 0 Å². The van der Waals surface area contributed by atoms with Gasteiger partial charge in [-0.25, -0.2) is 0 Å². The largest absolute Gasteiger partial charge is 0.337 e. The van der Waals surface area contributed by atoms with Crippen LogP contribution in [0.5, 0.6) is 0 Å². The molecule has 3 nitrogen and oxygen atoms in total. The average molecular weight is 461 g/mol. The van der Waals surface area contributed by atoms with E-state index in [0.717, 1.165) is 48.9 Å². The van der Waals surface area contributed by atoms with Gasteiger partial charge in [0, 0.05) is 24.8 Å². The number of hydrogen-bond acceptors (Lipinski definition) is 2. The second-order valence-electron chi connectivity index (χ2n) is 10.8. The predicted molar refractivity (Wildman–Crippen MR) is 142 cm³/mol. The van der Waals surface area contributed by atoms with Gasteiger partial charge in [0.05, 0.1) is 0 Å². The van der Waals surface area contributed by atoms with E-state index in [1.807, 2.05) is 23.2 Å². The minimum atomic E-state index is 0.0608. The Bertz CT molecular complexity index is 1370. The summed E-state index contributed by atoms with van der Waals surface area (Å²) in [5.41, 5.74) is 9.03. The molecule has 1 aliphatic heterocycles. The van der Waals surface area contributed by atoms with E-state index >= 15 is 0 Å². The topological polar surface area (TPSA) is 33.2 Å². The lowest BCUT2D eigenvalue weighted by Crippen LogP contribution is -2.29. The zero-order valence-electron chi connectivity index (χ0n) is 20.3. The molecule has 1 amide bonds. The van der Waals surface area contributed by atoms with Crippen molar-refractivity contribution in [2.75, 3.05) is 13.1 Å². The number of rotatable bonds is 3. The van der Waals surface area contributed by atoms with Crippen LogP contribution < -0.4 is 0 Å². The lowest BCUT2D eigenvalue weighted by Gasteiger charge is -2.40. The molecule has 0 N–H and O–H groups in total. The van der Waals surface area contributed by atoms with Crippen LogP contribution >= 0.6 is 0 Å². The van der Waals surface area contributed by atoms with Crippen molar-refractivity contribution in [1.82, 2.24) is 9.88 Å². The number of allylic oxidation sites excluding steroid dienone is 4. The van der Waals surface area contributed by atoms with Crippen LogP contribution in [-0.2, 0) is 6.42 Å². The predicted octanol–water partition coefficient (Wildman–Crippen LogP) is 7.21. The molecule has 0 radical (unpaired) electrons. The molecule has 35 heavy (non-hydrogen) atoms. The fourth-order valence-electron chi connectivity index (χ4n) is 6.79. The number of hydrogen-bond donors (Lipinski definition) is 0. The molecule has 2 fully saturated rings. The molecule has 3 aromatic rings. The van der Waals surface area contributed by atoms with Gasteiger partial charge < -0.3 is 4.90 Å². The van der Waals surface area contributed by atoms with E-state index in [4.69, 9.17) is 0 Å². The van der Waals surface area contributed by atoms with Crippen LogP contribution in [0, 0.1) is 11.8 Å². The number of carbonyl (C=O) groups is 1. The van der Waals surface area contributed by atoms with Gasteiger partial charge in [-0.2, -0.15) is 0 Å². The van der Waals surface area contributed by atoms with Crippen molar-refractivity contribution in [2.24, 2.45) is 11.8 Å². The Labute approximate surface area is 207 Å². The number of nitrogens with zero attached hydrogens (tertiary/aromatic N) is 2. The van der Waals surface area contributed by atoms with Crippen molar-refractivity contribution in [3.8, 4) is 11.1 Å². The van der Waals surface area contributed by atoms with Gasteiger partial charge in [-0.3, -0.25) is 9.78 Å². The van der Waals surface area contributed by atoms with E-state index in [2.05, 4.69) is 47.5 Å². The van der Waals surface area contributed by atoms with Gasteiger partial charge in [-0.1, -0.05) is 54.5 Å². The third kappa shape index (κ3) is 3.55. The Balaban J connectivity index is 1.23. The molecule has 1 aromatic heterocycles. The monoisotopic (exact) mass is 460 g/mol. The molecular formula is C32H32N2O. The summed E-state index contributed by atoms with van der Waals surface area (Å²) in [6, 6.07) is 15.5. The minimum Gasteiger partial charge on any atom is -0.337 e. The van der Waals surface area contributed by atoms with Crippen molar-refractivity contribution in [1.29, 1.82) is 0 Å². The van der Waals surface area contributed by atoms with Crippen LogP contribution in [0.3, 0.4) is 0 Å². The highest BCUT2D eigenvalue weighted by atomic mass is 16.2. The summed E-state index contributed by atoms with van der Waals surface area (Å²) < 4.78 is 0. The van der Waals surface area contributed by atoms with E-state index in [-0.39, 0.29) is 5.91 Å². The van der Waals surface area contributed by atoms with Crippen LogP contribution in [-0.4, -0.2) is 28.9 Å². The first-order valence-corrected chi connectivity index (χ1v) is 13.5. The smallest absolute Gasteiger partial charge is 0.272 e. The third-order valence-corrected chi connectivity index (χ3v) is 8.93. The van der Waals surface area contributed by atoms with Crippen LogP contribution in [0.15, 0.2) is 66.4 Å². The van der Waals surface area contributed by atoms with Gasteiger partial charge in [-0.05, 0) is 102 Å². The highest BCUT2D eigenvalue weighted by molar-refractivity contribution is 5.96. The Morgan fingerprint density at radius 3 is 2.57 bits per heavy atom. The SMILES string of the molecule is O=C(c1ccc(-c2ccc3c4c(ccc3c2)C2=C(CCC=C2)C(C2CCC2)C4)cn1)N1CCCC1. The summed E-state index contributed by atoms with van der Waals surface area (Å²) in [6.07, 6.45) is 16.7. The van der Waals surface area contributed by atoms with Crippen LogP contribution in [0.25, 0.3) is 27.5 Å². The third-order valence-electron chi connectivity index (χ3n) is 8.93. The van der Waals surface area contributed by atoms with Crippen molar-refractivity contribution >= 4 is 22.3 Å². The Kier molecular flexibility index (Phi) is 5.11. The lowest BCUT2D eigenvalue weighted by molar-refractivity contribution is 0.0787. The normalized spacial score (nSPS) is 21.7. The number of fused-ring (bicyclic) bond motifs is 4. The Morgan fingerprint density at radius 2 is 1.80 bits per heavy atom. The first kappa shape index (κ1) is 21.1. The molecule has 1 atom stereocenters. The minimum absolute atomic E-state index is 0.0608. The number of amides is 1. The standard InChI is InChI=1S/C32H32N2O/c35-32(34-16-3-4-17-34)31-15-12-24(20-33-31)22-10-13-25-23(18-22)11-14-28-26-8-1-2-9-27(26)29(19-30(25)28)21-6-5-7-21/h1,8,10-15,18,20-21,29H,2-7,9,16-17,19H2. The summed E-state index contributed by atoms with van der Waals surface area (Å²) in [6.45, 7) is 1.71. The molecule has 176 valence electrons. The Morgan fingerprint density at radius 1 is 0.943 bits per heavy atom. The van der Waals surface area contributed by atoms with E-state index in [0.29, 0.717) is 5.69 Å². The maximum Gasteiger partial charge on any atom is 0.272 e. The molecule has 4 aliphatic rings. The second-order valence-corrected chi connectivity index (χ2v) is 10.8. The molecular weight excluding hydrogens is 428 g/mol. The number of aromatic nitrogens is 1. The van der Waals surface area contributed by atoms with E-state index < -0.39 is 0 Å². The molecule has 3 heteroatoms. The van der Waals surface area contributed by atoms with E-state index in [1.165, 1.54) is 60.4 Å². The zero-order chi connectivity index (χ0) is 23.4. The highest BCUT2D eigenvalue weighted by Crippen LogP contribution is 2.49. The summed E-state index contributed by atoms with van der Waals surface area (Å²) in [4.78, 5) is 19.1.